The number of fused-ring (bicyclic) bond motifs is 2. The number of nitrogens with one attached hydrogen (secondary N) is 1. The summed E-state index contributed by atoms with van der Waals surface area (Å²) in [5.74, 6) is -0.716. The number of hydrogen-bond acceptors (Lipinski definition) is 10. The summed E-state index contributed by atoms with van der Waals surface area (Å²) in [4.78, 5) is 29.2. The van der Waals surface area contributed by atoms with Crippen molar-refractivity contribution in [2.75, 3.05) is 30.5 Å². The van der Waals surface area contributed by atoms with Crippen molar-refractivity contribution in [1.29, 1.82) is 0 Å². The maximum Gasteiger partial charge on any atom is 0.264 e. The minimum Gasteiger partial charge on any atom is -0.497 e. The van der Waals surface area contributed by atoms with Crippen molar-refractivity contribution < 1.29 is 49.3 Å². The van der Waals surface area contributed by atoms with Crippen LogP contribution in [0.2, 0.25) is 18.6 Å². The number of rotatable bonds is 9. The molecule has 2 aromatic rings. The maximum absolute atomic E-state index is 14.4. The van der Waals surface area contributed by atoms with Gasteiger partial charge in [-0.1, -0.05) is 43.4 Å². The van der Waals surface area contributed by atoms with Gasteiger partial charge >= 0.3 is 0 Å². The first-order valence-corrected chi connectivity index (χ1v) is 18.1. The molecule has 3 aliphatic heterocycles. The fraction of sp³-hybridized carbons (Fsp3) is 0.500. The molecular formula is C32H42N2O10Si. The summed E-state index contributed by atoms with van der Waals surface area (Å²) in [5, 5.41) is 54.0. The maximum atomic E-state index is 14.4. The van der Waals surface area contributed by atoms with Gasteiger partial charge in [0.15, 0.2) is 18.0 Å². The SMILES string of the molecule is C=CCN1C(=O)[C@]2(O[C@H](CCO)[C@@H]([Si](C)(C)c3ccc(OC)cc3)[C@@H]2C)c2cc(NC(=O)[C@H]3O[C@@H](O)[C@H](O)[C@@H](O)[C@@H]3O)ccc21. The van der Waals surface area contributed by atoms with Crippen molar-refractivity contribution >= 4 is 36.4 Å². The molecule has 12 nitrogen and oxygen atoms in total. The first-order valence-electron chi connectivity index (χ1n) is 15.0. The number of methoxy groups -OCH3 is 1. The smallest absolute Gasteiger partial charge is 0.264 e. The van der Waals surface area contributed by atoms with E-state index in [2.05, 4.69) is 37.1 Å². The Kier molecular flexibility index (Phi) is 9.28. The zero-order chi connectivity index (χ0) is 32.8. The largest absolute Gasteiger partial charge is 0.497 e. The number of aliphatic hydroxyl groups is 5. The summed E-state index contributed by atoms with van der Waals surface area (Å²) in [6.07, 6.45) is -7.40. The number of aliphatic hydroxyl groups excluding tert-OH is 5. The molecule has 0 saturated carbocycles. The highest BCUT2D eigenvalue weighted by Gasteiger charge is 2.66. The highest BCUT2D eigenvalue weighted by atomic mass is 28.3. The molecule has 3 aliphatic rings. The van der Waals surface area contributed by atoms with Gasteiger partial charge < -0.3 is 50.0 Å². The minimum atomic E-state index is -2.38. The topological polar surface area (TPSA) is 178 Å². The van der Waals surface area contributed by atoms with E-state index in [1.165, 1.54) is 0 Å². The Balaban J connectivity index is 1.54. The fourth-order valence-electron chi connectivity index (χ4n) is 7.39. The van der Waals surface area contributed by atoms with Gasteiger partial charge in [-0.3, -0.25) is 9.59 Å². The van der Waals surface area contributed by atoms with E-state index in [9.17, 15) is 35.1 Å². The summed E-state index contributed by atoms with van der Waals surface area (Å²) in [7, 11) is -0.771. The zero-order valence-corrected chi connectivity index (χ0v) is 26.8. The van der Waals surface area contributed by atoms with Crippen LogP contribution in [-0.2, 0) is 24.7 Å². The van der Waals surface area contributed by atoms with E-state index in [1.54, 1.807) is 36.3 Å². The van der Waals surface area contributed by atoms with Crippen molar-refractivity contribution in [1.82, 2.24) is 0 Å². The fourth-order valence-corrected chi connectivity index (χ4v) is 11.4. The zero-order valence-electron chi connectivity index (χ0n) is 25.8. The molecule has 5 rings (SSSR count). The van der Waals surface area contributed by atoms with Crippen molar-refractivity contribution in [3.8, 4) is 5.75 Å². The van der Waals surface area contributed by atoms with Gasteiger partial charge in [0.1, 0.15) is 24.1 Å². The summed E-state index contributed by atoms with van der Waals surface area (Å²) >= 11 is 0. The van der Waals surface area contributed by atoms with Crippen LogP contribution in [0.25, 0.3) is 0 Å². The molecular weight excluding hydrogens is 600 g/mol. The van der Waals surface area contributed by atoms with Gasteiger partial charge in [-0.15, -0.1) is 6.58 Å². The van der Waals surface area contributed by atoms with E-state index in [0.717, 1.165) is 10.9 Å². The van der Waals surface area contributed by atoms with Crippen LogP contribution in [0.3, 0.4) is 0 Å². The van der Waals surface area contributed by atoms with Crippen LogP contribution in [0.1, 0.15) is 18.9 Å². The van der Waals surface area contributed by atoms with Crippen LogP contribution in [0.15, 0.2) is 55.1 Å². The Morgan fingerprint density at radius 3 is 2.42 bits per heavy atom. The quantitative estimate of drug-likeness (QED) is 0.167. The number of ether oxygens (including phenoxy) is 3. The molecule has 2 saturated heterocycles. The normalized spacial score (nSPS) is 32.9. The average Bonchev–Trinajstić information content (AvgIpc) is 3.44. The molecule has 0 unspecified atom stereocenters. The average molecular weight is 643 g/mol. The van der Waals surface area contributed by atoms with Crippen LogP contribution >= 0.6 is 0 Å². The Morgan fingerprint density at radius 2 is 1.80 bits per heavy atom. The van der Waals surface area contributed by atoms with Crippen molar-refractivity contribution in [3.63, 3.8) is 0 Å². The molecule has 0 aromatic heterocycles. The lowest BCUT2D eigenvalue weighted by molar-refractivity contribution is -0.274. The molecule has 0 radical (unpaired) electrons. The van der Waals surface area contributed by atoms with Crippen molar-refractivity contribution in [2.45, 2.75) is 74.4 Å². The van der Waals surface area contributed by atoms with Crippen LogP contribution in [0.4, 0.5) is 11.4 Å². The van der Waals surface area contributed by atoms with Gasteiger partial charge in [0, 0.05) is 30.3 Å². The van der Waals surface area contributed by atoms with Crippen molar-refractivity contribution in [3.05, 3.63) is 60.7 Å². The molecule has 1 spiro atoms. The second-order valence-electron chi connectivity index (χ2n) is 12.5. The monoisotopic (exact) mass is 642 g/mol. The molecule has 6 N–H and O–H groups in total. The second kappa shape index (κ2) is 12.6. The molecule has 2 fully saturated rings. The van der Waals surface area contributed by atoms with Gasteiger partial charge in [-0.05, 0) is 42.3 Å². The van der Waals surface area contributed by atoms with Crippen LogP contribution in [0, 0.1) is 5.92 Å². The number of carbonyl (C=O) groups is 2. The lowest BCUT2D eigenvalue weighted by Gasteiger charge is -2.37. The summed E-state index contributed by atoms with van der Waals surface area (Å²) in [5.41, 5.74) is -0.0958. The molecule has 2 amide bonds. The molecule has 9 atom stereocenters. The van der Waals surface area contributed by atoms with E-state index in [-0.39, 0.29) is 36.2 Å². The van der Waals surface area contributed by atoms with E-state index in [4.69, 9.17) is 14.2 Å². The van der Waals surface area contributed by atoms with Gasteiger partial charge in [0.05, 0.1) is 27.0 Å². The predicted octanol–water partition coefficient (Wildman–Crippen LogP) is 0.565. The number of benzene rings is 2. The predicted molar refractivity (Wildman–Crippen MR) is 168 cm³/mol. The van der Waals surface area contributed by atoms with Gasteiger partial charge in [0.2, 0.25) is 0 Å². The van der Waals surface area contributed by atoms with Crippen LogP contribution in [-0.4, -0.2) is 102 Å². The molecule has 13 heteroatoms. The highest BCUT2D eigenvalue weighted by Crippen LogP contribution is 2.60. The number of carbonyl (C=O) groups excluding carboxylic acids is 2. The lowest BCUT2D eigenvalue weighted by Crippen LogP contribution is -2.60. The number of nitrogens with zero attached hydrogens (tertiary/aromatic N) is 1. The number of amides is 2. The Morgan fingerprint density at radius 1 is 1.11 bits per heavy atom. The molecule has 45 heavy (non-hydrogen) atoms. The van der Waals surface area contributed by atoms with Crippen LogP contribution in [0.5, 0.6) is 5.75 Å². The molecule has 0 aliphatic carbocycles. The summed E-state index contributed by atoms with van der Waals surface area (Å²) < 4.78 is 17.3. The number of hydrogen-bond donors (Lipinski definition) is 6. The Bertz CT molecular complexity index is 1440. The second-order valence-corrected chi connectivity index (χ2v) is 17.2. The van der Waals surface area contributed by atoms with E-state index in [1.807, 2.05) is 19.1 Å². The summed E-state index contributed by atoms with van der Waals surface area (Å²) in [6, 6.07) is 12.9. The minimum absolute atomic E-state index is 0.0861. The third-order valence-corrected chi connectivity index (χ3v) is 14.0. The van der Waals surface area contributed by atoms with Crippen LogP contribution < -0.4 is 20.1 Å². The Labute approximate surface area is 262 Å². The standard InChI is InChI=1S/C32H42N2O10Si/c1-6-14-34-22-12-7-18(33-29(39)27-25(37)24(36)26(38)30(40)43-27)16-21(22)32(31(34)41)17(2)28(23(44-32)13-15-35)45(4,5)20-10-8-19(42-3)9-11-20/h6-12,16-17,23-28,30,35-38,40H,1,13-15H2,2-5H3,(H,33,39)/t17-,23+,24-,25-,26+,27-,28-,30+,32+/m0/s1. The van der Waals surface area contributed by atoms with Gasteiger partial charge in [-0.25, -0.2) is 0 Å². The van der Waals surface area contributed by atoms with Gasteiger partial charge in [-0.2, -0.15) is 0 Å². The molecule has 244 valence electrons. The molecule has 2 aromatic carbocycles. The van der Waals surface area contributed by atoms with E-state index >= 15 is 0 Å². The highest BCUT2D eigenvalue weighted by molar-refractivity contribution is 6.91. The Hall–Kier alpha value is -3.14. The molecule has 3 heterocycles. The first kappa shape index (κ1) is 33.2. The van der Waals surface area contributed by atoms with Gasteiger partial charge in [0.25, 0.3) is 11.8 Å². The first-order chi connectivity index (χ1) is 21.3. The summed E-state index contributed by atoms with van der Waals surface area (Å²) in [6.45, 7) is 10.4. The molecule has 0 bridgehead atoms. The van der Waals surface area contributed by atoms with E-state index in [0.29, 0.717) is 17.7 Å². The van der Waals surface area contributed by atoms with Crippen molar-refractivity contribution in [2.24, 2.45) is 5.92 Å². The number of anilines is 2. The third-order valence-electron chi connectivity index (χ3n) is 9.67. The van der Waals surface area contributed by atoms with E-state index < -0.39 is 56.4 Å². The lowest BCUT2D eigenvalue weighted by atomic mass is 9.82. The third kappa shape index (κ3) is 5.40.